The molecule has 0 amide bonds. The van der Waals surface area contributed by atoms with Crippen LogP contribution in [-0.2, 0) is 10.0 Å². The van der Waals surface area contributed by atoms with Crippen LogP contribution in [0.3, 0.4) is 0 Å². The Balaban J connectivity index is 2.04. The van der Waals surface area contributed by atoms with Gasteiger partial charge in [-0.05, 0) is 30.5 Å². The summed E-state index contributed by atoms with van der Waals surface area (Å²) in [5.41, 5.74) is 2.17. The first-order chi connectivity index (χ1) is 9.49. The molecule has 0 aliphatic heterocycles. The lowest BCUT2D eigenvalue weighted by molar-refractivity contribution is 0.575. The van der Waals surface area contributed by atoms with E-state index in [0.29, 0.717) is 11.4 Å². The molecule has 0 saturated carbocycles. The highest BCUT2D eigenvalue weighted by molar-refractivity contribution is 7.89. The van der Waals surface area contributed by atoms with Gasteiger partial charge in [0.2, 0.25) is 10.0 Å². The van der Waals surface area contributed by atoms with Crippen LogP contribution in [0.2, 0.25) is 0 Å². The summed E-state index contributed by atoms with van der Waals surface area (Å²) in [7, 11) is -3.43. The van der Waals surface area contributed by atoms with Crippen molar-refractivity contribution in [1.29, 1.82) is 0 Å². The molecule has 1 atom stereocenters. The van der Waals surface area contributed by atoms with Crippen molar-refractivity contribution in [3.63, 3.8) is 0 Å². The Morgan fingerprint density at radius 2 is 1.60 bits per heavy atom. The van der Waals surface area contributed by atoms with Gasteiger partial charge in [0, 0.05) is 6.54 Å². The largest absolute Gasteiger partial charge is 0.240 e. The zero-order chi connectivity index (χ0) is 14.6. The van der Waals surface area contributed by atoms with Gasteiger partial charge in [-0.15, -0.1) is 0 Å². The van der Waals surface area contributed by atoms with Gasteiger partial charge in [-0.1, -0.05) is 55.0 Å². The van der Waals surface area contributed by atoms with E-state index in [4.69, 9.17) is 0 Å². The second-order valence-electron chi connectivity index (χ2n) is 4.98. The minimum absolute atomic E-state index is 0.136. The molecule has 3 nitrogen and oxygen atoms in total. The summed E-state index contributed by atoms with van der Waals surface area (Å²) in [6, 6.07) is 16.7. The molecule has 2 aromatic rings. The predicted molar refractivity (Wildman–Crippen MR) is 81.2 cm³/mol. The second-order valence-corrected chi connectivity index (χ2v) is 6.74. The molecule has 20 heavy (non-hydrogen) atoms. The van der Waals surface area contributed by atoms with E-state index in [-0.39, 0.29) is 5.92 Å². The smallest absolute Gasteiger partial charge is 0.211 e. The fourth-order valence-electron chi connectivity index (χ4n) is 1.93. The van der Waals surface area contributed by atoms with Crippen molar-refractivity contribution < 1.29 is 8.42 Å². The summed E-state index contributed by atoms with van der Waals surface area (Å²) in [6.45, 7) is 4.33. The van der Waals surface area contributed by atoms with Crippen molar-refractivity contribution >= 4 is 10.0 Å². The average Bonchev–Trinajstić information content (AvgIpc) is 2.46. The molecule has 0 heterocycles. The van der Waals surface area contributed by atoms with E-state index >= 15 is 0 Å². The van der Waals surface area contributed by atoms with Crippen molar-refractivity contribution in [2.45, 2.75) is 24.7 Å². The molecule has 0 aromatic heterocycles. The van der Waals surface area contributed by atoms with Gasteiger partial charge in [0.1, 0.15) is 0 Å². The molecule has 0 radical (unpaired) electrons. The van der Waals surface area contributed by atoms with Crippen molar-refractivity contribution in [3.8, 4) is 0 Å². The van der Waals surface area contributed by atoms with Gasteiger partial charge >= 0.3 is 0 Å². The van der Waals surface area contributed by atoms with Gasteiger partial charge in [-0.25, -0.2) is 13.1 Å². The maximum atomic E-state index is 12.2. The van der Waals surface area contributed by atoms with Crippen molar-refractivity contribution in [1.82, 2.24) is 4.72 Å². The topological polar surface area (TPSA) is 46.2 Å². The maximum Gasteiger partial charge on any atom is 0.240 e. The summed E-state index contributed by atoms with van der Waals surface area (Å²) < 4.78 is 27.0. The lowest BCUT2D eigenvalue weighted by atomic mass is 10.0. The van der Waals surface area contributed by atoms with Gasteiger partial charge < -0.3 is 0 Å². The highest BCUT2D eigenvalue weighted by Crippen LogP contribution is 2.15. The normalized spacial score (nSPS) is 13.1. The number of rotatable bonds is 5. The predicted octanol–water partition coefficient (Wildman–Crippen LogP) is 3.08. The molecule has 0 aliphatic carbocycles. The van der Waals surface area contributed by atoms with Crippen LogP contribution in [0.5, 0.6) is 0 Å². The zero-order valence-electron chi connectivity index (χ0n) is 11.7. The molecule has 2 aromatic carbocycles. The Hall–Kier alpha value is -1.65. The van der Waals surface area contributed by atoms with Crippen LogP contribution in [0, 0.1) is 6.92 Å². The molecular formula is C16H19NO2S. The van der Waals surface area contributed by atoms with Gasteiger partial charge in [0.25, 0.3) is 0 Å². The highest BCUT2D eigenvalue weighted by atomic mass is 32.2. The molecule has 106 valence electrons. The van der Waals surface area contributed by atoms with Crippen LogP contribution in [-0.4, -0.2) is 15.0 Å². The quantitative estimate of drug-likeness (QED) is 0.919. The third kappa shape index (κ3) is 3.68. The number of benzene rings is 2. The van der Waals surface area contributed by atoms with E-state index in [1.807, 2.05) is 44.2 Å². The van der Waals surface area contributed by atoms with Crippen LogP contribution in [0.15, 0.2) is 59.5 Å². The van der Waals surface area contributed by atoms with Gasteiger partial charge in [0.05, 0.1) is 4.90 Å². The molecule has 0 aliphatic rings. The number of hydrogen-bond donors (Lipinski definition) is 1. The van der Waals surface area contributed by atoms with Gasteiger partial charge in [0.15, 0.2) is 0 Å². The zero-order valence-corrected chi connectivity index (χ0v) is 12.5. The molecule has 4 heteroatoms. The number of sulfonamides is 1. The Kier molecular flexibility index (Phi) is 4.57. The van der Waals surface area contributed by atoms with Crippen molar-refractivity contribution in [2.24, 2.45) is 0 Å². The second kappa shape index (κ2) is 6.20. The van der Waals surface area contributed by atoms with Crippen LogP contribution in [0.4, 0.5) is 0 Å². The van der Waals surface area contributed by atoms with E-state index in [1.165, 1.54) is 0 Å². The highest BCUT2D eigenvalue weighted by Gasteiger charge is 2.15. The van der Waals surface area contributed by atoms with Gasteiger partial charge in [-0.3, -0.25) is 0 Å². The lowest BCUT2D eigenvalue weighted by Crippen LogP contribution is -2.27. The average molecular weight is 289 g/mol. The third-order valence-corrected chi connectivity index (χ3v) is 4.72. The summed E-state index contributed by atoms with van der Waals surface area (Å²) >= 11 is 0. The van der Waals surface area contributed by atoms with E-state index in [1.54, 1.807) is 24.3 Å². The van der Waals surface area contributed by atoms with E-state index in [2.05, 4.69) is 4.72 Å². The summed E-state index contributed by atoms with van der Waals surface area (Å²) in [5, 5.41) is 0. The van der Waals surface area contributed by atoms with Crippen molar-refractivity contribution in [3.05, 3.63) is 65.7 Å². The van der Waals surface area contributed by atoms with Crippen molar-refractivity contribution in [2.75, 3.05) is 6.54 Å². The Bertz CT molecular complexity index is 649. The molecule has 0 saturated heterocycles. The van der Waals surface area contributed by atoms with E-state index in [0.717, 1.165) is 11.1 Å². The molecule has 1 N–H and O–H groups in total. The Morgan fingerprint density at radius 1 is 1.00 bits per heavy atom. The minimum atomic E-state index is -3.43. The standard InChI is InChI=1S/C16H19NO2S/c1-13-8-10-16(11-9-13)20(18,19)17-12-14(2)15-6-4-3-5-7-15/h3-11,14,17H,12H2,1-2H3/t14-/m0/s1. The first-order valence-corrected chi connectivity index (χ1v) is 8.08. The van der Waals surface area contributed by atoms with Crippen LogP contribution in [0.1, 0.15) is 24.0 Å². The summed E-state index contributed by atoms with van der Waals surface area (Å²) in [4.78, 5) is 0.309. The minimum Gasteiger partial charge on any atom is -0.211 e. The molecule has 0 spiro atoms. The molecular weight excluding hydrogens is 270 g/mol. The molecule has 0 bridgehead atoms. The Labute approximate surface area is 120 Å². The van der Waals surface area contributed by atoms with Gasteiger partial charge in [-0.2, -0.15) is 0 Å². The van der Waals surface area contributed by atoms with Crippen LogP contribution >= 0.6 is 0 Å². The Morgan fingerprint density at radius 3 is 2.20 bits per heavy atom. The number of nitrogens with one attached hydrogen (secondary N) is 1. The number of hydrogen-bond acceptors (Lipinski definition) is 2. The lowest BCUT2D eigenvalue weighted by Gasteiger charge is -2.13. The first kappa shape index (κ1) is 14.8. The van der Waals surface area contributed by atoms with Crippen LogP contribution in [0.25, 0.3) is 0 Å². The number of aryl methyl sites for hydroxylation is 1. The molecule has 2 rings (SSSR count). The monoisotopic (exact) mass is 289 g/mol. The van der Waals surface area contributed by atoms with Crippen LogP contribution < -0.4 is 4.72 Å². The van der Waals surface area contributed by atoms with E-state index < -0.39 is 10.0 Å². The third-order valence-electron chi connectivity index (χ3n) is 3.28. The first-order valence-electron chi connectivity index (χ1n) is 6.60. The summed E-state index contributed by atoms with van der Waals surface area (Å²) in [6.07, 6.45) is 0. The SMILES string of the molecule is Cc1ccc(S(=O)(=O)NC[C@H](C)c2ccccc2)cc1. The fourth-order valence-corrected chi connectivity index (χ4v) is 3.07. The van der Waals surface area contributed by atoms with E-state index in [9.17, 15) is 8.42 Å². The summed E-state index contributed by atoms with van der Waals surface area (Å²) in [5.74, 6) is 0.136. The maximum absolute atomic E-state index is 12.2. The molecule has 0 fully saturated rings. The molecule has 0 unspecified atom stereocenters. The fraction of sp³-hybridized carbons (Fsp3) is 0.250.